The van der Waals surface area contributed by atoms with Gasteiger partial charge in [-0.05, 0) is 39.3 Å². The van der Waals surface area contributed by atoms with Gasteiger partial charge in [-0.3, -0.25) is 4.79 Å². The van der Waals surface area contributed by atoms with E-state index in [0.717, 1.165) is 24.4 Å². The Kier molecular flexibility index (Phi) is 6.21. The Hall–Kier alpha value is -1.55. The van der Waals surface area contributed by atoms with Crippen LogP contribution in [0.3, 0.4) is 0 Å². The first-order valence-electron chi connectivity index (χ1n) is 7.39. The summed E-state index contributed by atoms with van der Waals surface area (Å²) in [6.45, 7) is 11.5. The van der Waals surface area contributed by atoms with E-state index in [1.165, 1.54) is 5.56 Å². The van der Waals surface area contributed by atoms with E-state index >= 15 is 0 Å². The summed E-state index contributed by atoms with van der Waals surface area (Å²) >= 11 is 0. The lowest BCUT2D eigenvalue weighted by molar-refractivity contribution is -0.148. The zero-order chi connectivity index (χ0) is 16.0. The molecular formula is C17H27NO3. The number of nitrogens with one attached hydrogen (secondary N) is 1. The standard InChI is InChI=1S/C17H27NO3/c1-12(2)9-18-10-14-8-13(3)6-7-15(14)21-11-17(4,5)16(19)20/h6-8,12,18H,9-11H2,1-5H3,(H,19,20). The average Bonchev–Trinajstić information content (AvgIpc) is 2.37. The normalized spacial score (nSPS) is 11.7. The smallest absolute Gasteiger partial charge is 0.312 e. The van der Waals surface area contributed by atoms with Crippen LogP contribution in [0.1, 0.15) is 38.8 Å². The summed E-state index contributed by atoms with van der Waals surface area (Å²) in [7, 11) is 0. The molecular weight excluding hydrogens is 266 g/mol. The summed E-state index contributed by atoms with van der Waals surface area (Å²) in [5.74, 6) is 0.491. The van der Waals surface area contributed by atoms with Crippen LogP contribution in [0.15, 0.2) is 18.2 Å². The fourth-order valence-corrected chi connectivity index (χ4v) is 1.80. The molecule has 0 amide bonds. The highest BCUT2D eigenvalue weighted by atomic mass is 16.5. The van der Waals surface area contributed by atoms with Gasteiger partial charge >= 0.3 is 5.97 Å². The molecule has 0 aliphatic carbocycles. The molecule has 0 atom stereocenters. The monoisotopic (exact) mass is 293 g/mol. The SMILES string of the molecule is Cc1ccc(OCC(C)(C)C(=O)O)c(CNCC(C)C)c1. The molecule has 0 saturated heterocycles. The molecule has 1 aromatic carbocycles. The molecule has 21 heavy (non-hydrogen) atoms. The number of aryl methyl sites for hydroxylation is 1. The van der Waals surface area contributed by atoms with Gasteiger partial charge in [-0.25, -0.2) is 0 Å². The molecule has 0 spiro atoms. The average molecular weight is 293 g/mol. The second-order valence-electron chi connectivity index (χ2n) is 6.61. The van der Waals surface area contributed by atoms with Gasteiger partial charge < -0.3 is 15.2 Å². The van der Waals surface area contributed by atoms with E-state index in [4.69, 9.17) is 9.84 Å². The molecule has 118 valence electrons. The summed E-state index contributed by atoms with van der Waals surface area (Å²) < 4.78 is 5.75. The summed E-state index contributed by atoms with van der Waals surface area (Å²) in [6, 6.07) is 5.98. The Morgan fingerprint density at radius 1 is 1.38 bits per heavy atom. The van der Waals surface area contributed by atoms with E-state index in [1.807, 2.05) is 19.1 Å². The molecule has 0 radical (unpaired) electrons. The fraction of sp³-hybridized carbons (Fsp3) is 0.588. The van der Waals surface area contributed by atoms with Crippen LogP contribution >= 0.6 is 0 Å². The first-order chi connectivity index (χ1) is 9.72. The number of aliphatic carboxylic acids is 1. The van der Waals surface area contributed by atoms with E-state index in [0.29, 0.717) is 5.92 Å². The van der Waals surface area contributed by atoms with Crippen LogP contribution in [0.25, 0.3) is 0 Å². The Bertz CT molecular complexity index is 481. The molecule has 0 bridgehead atoms. The van der Waals surface area contributed by atoms with Crippen molar-refractivity contribution in [2.75, 3.05) is 13.2 Å². The van der Waals surface area contributed by atoms with E-state index < -0.39 is 11.4 Å². The zero-order valence-electron chi connectivity index (χ0n) is 13.7. The minimum atomic E-state index is -0.895. The second-order valence-corrected chi connectivity index (χ2v) is 6.61. The van der Waals surface area contributed by atoms with Gasteiger partial charge in [0.15, 0.2) is 0 Å². The largest absolute Gasteiger partial charge is 0.492 e. The highest BCUT2D eigenvalue weighted by molar-refractivity contribution is 5.73. The molecule has 0 heterocycles. The minimum absolute atomic E-state index is 0.155. The maximum atomic E-state index is 11.1. The molecule has 4 heteroatoms. The van der Waals surface area contributed by atoms with Crippen molar-refractivity contribution < 1.29 is 14.6 Å². The van der Waals surface area contributed by atoms with Gasteiger partial charge in [-0.15, -0.1) is 0 Å². The maximum absolute atomic E-state index is 11.1. The molecule has 0 aliphatic heterocycles. The van der Waals surface area contributed by atoms with Gasteiger partial charge in [0, 0.05) is 12.1 Å². The molecule has 0 fully saturated rings. The molecule has 0 aromatic heterocycles. The second kappa shape index (κ2) is 7.46. The van der Waals surface area contributed by atoms with Gasteiger partial charge in [-0.2, -0.15) is 0 Å². The first kappa shape index (κ1) is 17.5. The number of hydrogen-bond acceptors (Lipinski definition) is 3. The van der Waals surface area contributed by atoms with Crippen LogP contribution in [0.5, 0.6) is 5.75 Å². The summed E-state index contributed by atoms with van der Waals surface area (Å²) in [4.78, 5) is 11.1. The highest BCUT2D eigenvalue weighted by Gasteiger charge is 2.28. The Morgan fingerprint density at radius 3 is 2.62 bits per heavy atom. The third-order valence-electron chi connectivity index (χ3n) is 3.25. The van der Waals surface area contributed by atoms with Crippen molar-refractivity contribution in [2.45, 2.75) is 41.2 Å². The van der Waals surface area contributed by atoms with Gasteiger partial charge in [0.25, 0.3) is 0 Å². The Morgan fingerprint density at radius 2 is 2.05 bits per heavy atom. The van der Waals surface area contributed by atoms with Gasteiger partial charge in [0.1, 0.15) is 12.4 Å². The number of carboxylic acids is 1. The fourth-order valence-electron chi connectivity index (χ4n) is 1.80. The lowest BCUT2D eigenvalue weighted by Gasteiger charge is -2.21. The van der Waals surface area contributed by atoms with E-state index in [9.17, 15) is 4.79 Å². The number of ether oxygens (including phenoxy) is 1. The van der Waals surface area contributed by atoms with E-state index in [2.05, 4.69) is 25.2 Å². The van der Waals surface area contributed by atoms with Crippen molar-refractivity contribution in [1.29, 1.82) is 0 Å². The van der Waals surface area contributed by atoms with Crippen LogP contribution in [-0.2, 0) is 11.3 Å². The lowest BCUT2D eigenvalue weighted by Crippen LogP contribution is -2.31. The molecule has 0 saturated carbocycles. The maximum Gasteiger partial charge on any atom is 0.312 e. The van der Waals surface area contributed by atoms with E-state index in [1.54, 1.807) is 13.8 Å². The number of hydrogen-bond donors (Lipinski definition) is 2. The van der Waals surface area contributed by atoms with Crippen LogP contribution in [0, 0.1) is 18.3 Å². The zero-order valence-corrected chi connectivity index (χ0v) is 13.7. The van der Waals surface area contributed by atoms with Crippen LogP contribution < -0.4 is 10.1 Å². The van der Waals surface area contributed by atoms with Crippen LogP contribution in [-0.4, -0.2) is 24.2 Å². The van der Waals surface area contributed by atoms with Gasteiger partial charge in [0.05, 0.1) is 5.41 Å². The highest BCUT2D eigenvalue weighted by Crippen LogP contribution is 2.23. The summed E-state index contributed by atoms with van der Waals surface area (Å²) in [5, 5.41) is 12.5. The van der Waals surface area contributed by atoms with Crippen LogP contribution in [0.2, 0.25) is 0 Å². The number of rotatable bonds is 8. The van der Waals surface area contributed by atoms with Gasteiger partial charge in [-0.1, -0.05) is 31.5 Å². The summed E-state index contributed by atoms with van der Waals surface area (Å²) in [6.07, 6.45) is 0. The molecule has 1 aromatic rings. The van der Waals surface area contributed by atoms with Crippen molar-refractivity contribution in [2.24, 2.45) is 11.3 Å². The van der Waals surface area contributed by atoms with Crippen molar-refractivity contribution in [3.63, 3.8) is 0 Å². The number of carbonyl (C=O) groups is 1. The van der Waals surface area contributed by atoms with Gasteiger partial charge in [0.2, 0.25) is 0 Å². The van der Waals surface area contributed by atoms with Crippen molar-refractivity contribution in [3.05, 3.63) is 29.3 Å². The molecule has 2 N–H and O–H groups in total. The summed E-state index contributed by atoms with van der Waals surface area (Å²) in [5.41, 5.74) is 1.34. The van der Waals surface area contributed by atoms with Crippen LogP contribution in [0.4, 0.5) is 0 Å². The lowest BCUT2D eigenvalue weighted by atomic mass is 9.95. The molecule has 4 nitrogen and oxygen atoms in total. The molecule has 0 aliphatic rings. The number of benzene rings is 1. The quantitative estimate of drug-likeness (QED) is 0.772. The third-order valence-corrected chi connectivity index (χ3v) is 3.25. The van der Waals surface area contributed by atoms with Crippen molar-refractivity contribution >= 4 is 5.97 Å². The minimum Gasteiger partial charge on any atom is -0.492 e. The Labute approximate surface area is 127 Å². The Balaban J connectivity index is 2.74. The van der Waals surface area contributed by atoms with Crippen molar-refractivity contribution in [3.8, 4) is 5.75 Å². The number of carboxylic acid groups (broad SMARTS) is 1. The van der Waals surface area contributed by atoms with E-state index in [-0.39, 0.29) is 6.61 Å². The first-order valence-corrected chi connectivity index (χ1v) is 7.39. The third kappa shape index (κ3) is 5.76. The van der Waals surface area contributed by atoms with Crippen molar-refractivity contribution in [1.82, 2.24) is 5.32 Å². The predicted molar refractivity (Wildman–Crippen MR) is 84.6 cm³/mol. The molecule has 1 rings (SSSR count). The molecule has 0 unspecified atom stereocenters. The topological polar surface area (TPSA) is 58.6 Å². The predicted octanol–water partition coefficient (Wildman–Crippen LogP) is 3.23.